The summed E-state index contributed by atoms with van der Waals surface area (Å²) in [7, 11) is -6.00. The van der Waals surface area contributed by atoms with E-state index in [4.69, 9.17) is 16.7 Å². The molecule has 4 nitrogen and oxygen atoms in total. The maximum atomic E-state index is 9.75. The highest BCUT2D eigenvalue weighted by Crippen LogP contribution is 2.23. The average molecular weight is 552 g/mol. The number of fused-ring (bicyclic) bond motifs is 1. The third kappa shape index (κ3) is 5.77. The van der Waals surface area contributed by atoms with Gasteiger partial charge in [0.2, 0.25) is 5.69 Å². The van der Waals surface area contributed by atoms with Crippen molar-refractivity contribution in [2.24, 2.45) is 0 Å². The molecule has 4 aromatic rings. The molecule has 0 saturated heterocycles. The molecule has 4 rings (SSSR count). The van der Waals surface area contributed by atoms with Crippen molar-refractivity contribution >= 4 is 56.4 Å². The first-order valence-electron chi connectivity index (χ1n) is 7.97. The molecule has 29 heavy (non-hydrogen) atoms. The quantitative estimate of drug-likeness (QED) is 0.170. The molecule has 0 amide bonds. The van der Waals surface area contributed by atoms with Gasteiger partial charge in [0.15, 0.2) is 0 Å². The highest BCUT2D eigenvalue weighted by molar-refractivity contribution is 9.10. The molecule has 0 unspecified atom stereocenters. The van der Waals surface area contributed by atoms with Crippen LogP contribution >= 0.6 is 43.5 Å². The molecular weight excluding hydrogens is 542 g/mol. The van der Waals surface area contributed by atoms with E-state index in [9.17, 15) is 17.3 Å². The van der Waals surface area contributed by atoms with Gasteiger partial charge in [-0.05, 0) is 69.6 Å². The predicted molar refractivity (Wildman–Crippen MR) is 111 cm³/mol. The van der Waals surface area contributed by atoms with Crippen LogP contribution < -0.4 is 4.52 Å². The van der Waals surface area contributed by atoms with Crippen molar-refractivity contribution in [1.82, 2.24) is 14.9 Å². The number of hydrogen-bond donors (Lipinski definition) is 0. The summed E-state index contributed by atoms with van der Waals surface area (Å²) in [6, 6.07) is 15.6. The summed E-state index contributed by atoms with van der Waals surface area (Å²) in [5.74, 6) is 0. The van der Waals surface area contributed by atoms with Crippen molar-refractivity contribution in [2.75, 3.05) is 0 Å². The van der Waals surface area contributed by atoms with E-state index in [-0.39, 0.29) is 0 Å². The van der Waals surface area contributed by atoms with E-state index in [0.29, 0.717) is 5.02 Å². The van der Waals surface area contributed by atoms with Gasteiger partial charge in [0.05, 0.1) is 4.47 Å². The van der Waals surface area contributed by atoms with Gasteiger partial charge in [0, 0.05) is 15.1 Å². The second kappa shape index (κ2) is 8.80. The fourth-order valence-electron chi connectivity index (χ4n) is 2.45. The van der Waals surface area contributed by atoms with E-state index in [2.05, 4.69) is 36.8 Å². The van der Waals surface area contributed by atoms with Crippen LogP contribution in [0.2, 0.25) is 5.02 Å². The molecule has 150 valence electrons. The Morgan fingerprint density at radius 3 is 2.07 bits per heavy atom. The van der Waals surface area contributed by atoms with E-state index >= 15 is 0 Å². The maximum Gasteiger partial charge on any atom is 0.673 e. The summed E-state index contributed by atoms with van der Waals surface area (Å²) in [4.78, 5) is 6.36. The minimum atomic E-state index is -6.00. The molecular formula is C17H10BBr2ClF4N4. The number of benzene rings is 2. The normalized spacial score (nSPS) is 11.3. The SMILES string of the molecule is Clc1ccc(-c2nn(-c3ccc(Br)cc3)[n+]3cc(Br)cnc23)cc1.F[B-](F)(F)F. The fourth-order valence-corrected chi connectivity index (χ4v) is 3.13. The Labute approximate surface area is 184 Å². The van der Waals surface area contributed by atoms with E-state index < -0.39 is 7.25 Å². The summed E-state index contributed by atoms with van der Waals surface area (Å²) in [5.41, 5.74) is 3.46. The Morgan fingerprint density at radius 1 is 0.897 bits per heavy atom. The van der Waals surface area contributed by atoms with Crippen LogP contribution in [0.4, 0.5) is 17.3 Å². The van der Waals surface area contributed by atoms with Crippen LogP contribution in [-0.4, -0.2) is 22.1 Å². The predicted octanol–water partition coefficient (Wildman–Crippen LogP) is 6.15. The molecule has 0 radical (unpaired) electrons. The van der Waals surface area contributed by atoms with Crippen molar-refractivity contribution in [3.63, 3.8) is 0 Å². The molecule has 0 aliphatic rings. The minimum Gasteiger partial charge on any atom is -0.418 e. The molecule has 0 atom stereocenters. The number of aromatic nitrogens is 4. The molecule has 0 bridgehead atoms. The van der Waals surface area contributed by atoms with Crippen molar-refractivity contribution in [1.29, 1.82) is 0 Å². The highest BCUT2D eigenvalue weighted by atomic mass is 79.9. The highest BCUT2D eigenvalue weighted by Gasteiger charge is 2.23. The molecule has 0 saturated carbocycles. The Bertz CT molecular complexity index is 1130. The van der Waals surface area contributed by atoms with Gasteiger partial charge in [-0.25, -0.2) is 0 Å². The number of halogens is 7. The fraction of sp³-hybridized carbons (Fsp3) is 0. The third-order valence-corrected chi connectivity index (χ3v) is 4.75. The largest absolute Gasteiger partial charge is 0.673 e. The lowest BCUT2D eigenvalue weighted by Gasteiger charge is -1.98. The Balaban J connectivity index is 0.000000431. The zero-order valence-corrected chi connectivity index (χ0v) is 18.2. The molecule has 12 heteroatoms. The van der Waals surface area contributed by atoms with E-state index in [1.54, 1.807) is 6.20 Å². The van der Waals surface area contributed by atoms with Gasteiger partial charge in [0.25, 0.3) is 0 Å². The van der Waals surface area contributed by atoms with Crippen molar-refractivity contribution < 1.29 is 21.8 Å². The molecule has 2 heterocycles. The summed E-state index contributed by atoms with van der Waals surface area (Å²) in [5, 5.41) is 5.46. The van der Waals surface area contributed by atoms with Gasteiger partial charge < -0.3 is 17.3 Å². The van der Waals surface area contributed by atoms with Gasteiger partial charge in [-0.1, -0.05) is 32.3 Å². The first kappa shape index (κ1) is 21.7. The summed E-state index contributed by atoms with van der Waals surface area (Å²) in [6.45, 7) is 0. The molecule has 2 aromatic heterocycles. The Hall–Kier alpha value is -1.98. The smallest absolute Gasteiger partial charge is 0.418 e. The lowest BCUT2D eigenvalue weighted by molar-refractivity contribution is -0.606. The lowest BCUT2D eigenvalue weighted by atomic mass is 10.2. The average Bonchev–Trinajstić information content (AvgIpc) is 3.00. The van der Waals surface area contributed by atoms with Gasteiger partial charge >= 0.3 is 12.9 Å². The van der Waals surface area contributed by atoms with Gasteiger partial charge in [0.1, 0.15) is 18.1 Å². The van der Waals surface area contributed by atoms with Crippen LogP contribution in [0.3, 0.4) is 0 Å². The summed E-state index contributed by atoms with van der Waals surface area (Å²) >= 11 is 12.9. The summed E-state index contributed by atoms with van der Waals surface area (Å²) < 4.78 is 42.8. The van der Waals surface area contributed by atoms with E-state index in [1.807, 2.05) is 64.0 Å². The van der Waals surface area contributed by atoms with Crippen LogP contribution in [0, 0.1) is 0 Å². The van der Waals surface area contributed by atoms with Crippen LogP contribution in [-0.2, 0) is 0 Å². The zero-order valence-electron chi connectivity index (χ0n) is 14.3. The monoisotopic (exact) mass is 550 g/mol. The van der Waals surface area contributed by atoms with Gasteiger partial charge in [-0.15, -0.1) is 9.50 Å². The zero-order chi connectivity index (χ0) is 21.2. The second-order valence-electron chi connectivity index (χ2n) is 5.66. The van der Waals surface area contributed by atoms with Gasteiger partial charge in [-0.3, -0.25) is 0 Å². The molecule has 2 aromatic carbocycles. The first-order chi connectivity index (χ1) is 13.6. The van der Waals surface area contributed by atoms with Gasteiger partial charge in [-0.2, -0.15) is 0 Å². The molecule has 0 aliphatic carbocycles. The minimum absolute atomic E-state index is 0.693. The maximum absolute atomic E-state index is 9.75. The van der Waals surface area contributed by atoms with E-state index in [0.717, 1.165) is 31.5 Å². The molecule has 0 spiro atoms. The third-order valence-electron chi connectivity index (χ3n) is 3.56. The number of hydrogen-bond acceptors (Lipinski definition) is 2. The standard InChI is InChI=1S/C17H10Br2ClN4.BF4/c18-12-3-7-15(8-4-12)24-22-16(11-1-5-14(20)6-2-11)17-21-9-13(19)10-23(17)24;2-1(3,4)5/h1-10H;/q+1;-1. The van der Waals surface area contributed by atoms with Crippen LogP contribution in [0.5, 0.6) is 0 Å². The topological polar surface area (TPSA) is 34.8 Å². The van der Waals surface area contributed by atoms with Crippen LogP contribution in [0.1, 0.15) is 0 Å². The Kier molecular flexibility index (Phi) is 6.60. The molecule has 0 aliphatic heterocycles. The van der Waals surface area contributed by atoms with Crippen LogP contribution in [0.15, 0.2) is 69.9 Å². The second-order valence-corrected chi connectivity index (χ2v) is 7.92. The number of nitrogens with zero attached hydrogens (tertiary/aromatic N) is 4. The number of rotatable bonds is 2. The van der Waals surface area contributed by atoms with E-state index in [1.165, 1.54) is 0 Å². The molecule has 0 fully saturated rings. The Morgan fingerprint density at radius 2 is 1.48 bits per heavy atom. The summed E-state index contributed by atoms with van der Waals surface area (Å²) in [6.07, 6.45) is 3.71. The van der Waals surface area contributed by atoms with Crippen molar-refractivity contribution in [3.05, 3.63) is 74.9 Å². The van der Waals surface area contributed by atoms with Crippen molar-refractivity contribution in [3.8, 4) is 16.9 Å². The lowest BCUT2D eigenvalue weighted by Crippen LogP contribution is -2.32. The first-order valence-corrected chi connectivity index (χ1v) is 9.93. The molecule has 0 N–H and O–H groups in total. The van der Waals surface area contributed by atoms with Crippen molar-refractivity contribution in [2.45, 2.75) is 0 Å². The van der Waals surface area contributed by atoms with Crippen LogP contribution in [0.25, 0.3) is 22.6 Å².